The van der Waals surface area contributed by atoms with Gasteiger partial charge in [-0.1, -0.05) is 133 Å². The molecule has 1 aliphatic heterocycles. The Bertz CT molecular complexity index is 2370. The maximum absolute atomic E-state index is 5.44. The predicted octanol–water partition coefficient (Wildman–Crippen LogP) is 10.8. The van der Waals surface area contributed by atoms with Gasteiger partial charge in [-0.2, -0.15) is 0 Å². The number of hydrogen-bond acceptors (Lipinski definition) is 4. The molecule has 0 saturated carbocycles. The van der Waals surface area contributed by atoms with Gasteiger partial charge in [0.1, 0.15) is 0 Å². The summed E-state index contributed by atoms with van der Waals surface area (Å²) >= 11 is 0. The monoisotopic (exact) mass is 612 g/mol. The summed E-state index contributed by atoms with van der Waals surface area (Å²) in [5.74, 6) is 0. The molecule has 4 nitrogen and oxygen atoms in total. The molecule has 0 unspecified atom stereocenters. The maximum atomic E-state index is 5.44. The van der Waals surface area contributed by atoms with Crippen molar-refractivity contribution in [3.63, 3.8) is 0 Å². The molecule has 0 atom stereocenters. The molecule has 0 spiro atoms. The van der Waals surface area contributed by atoms with Crippen LogP contribution in [0.25, 0.3) is 43.8 Å². The number of nitrogens with zero attached hydrogens (tertiary/aromatic N) is 4. The molecular weight excluding hydrogens is 585 g/mol. The third-order valence-corrected chi connectivity index (χ3v) is 9.09. The Morgan fingerprint density at radius 2 is 0.667 bits per heavy atom. The number of aliphatic imine (C=N–C) groups is 2. The molecule has 0 radical (unpaired) electrons. The van der Waals surface area contributed by atoms with E-state index in [1.807, 2.05) is 24.5 Å². The zero-order valence-electron chi connectivity index (χ0n) is 26.0. The highest BCUT2D eigenvalue weighted by molar-refractivity contribution is 6.27. The second-order valence-corrected chi connectivity index (χ2v) is 11.9. The summed E-state index contributed by atoms with van der Waals surface area (Å²) in [7, 11) is 0. The lowest BCUT2D eigenvalue weighted by Crippen LogP contribution is -2.11. The average Bonchev–Trinajstić information content (AvgIpc) is 3.15. The summed E-state index contributed by atoms with van der Waals surface area (Å²) < 4.78 is 0. The SMILES string of the molecule is c1ccc(-c2cccc3c(C4=Nc5ccncc5C(c5cccc6c(-c7ccccc7)cccc56)=Nc5ccncc54)cccc23)cc1. The van der Waals surface area contributed by atoms with Crippen LogP contribution in [-0.4, -0.2) is 21.4 Å². The van der Waals surface area contributed by atoms with E-state index in [1.54, 1.807) is 12.4 Å². The minimum atomic E-state index is 0.806. The fourth-order valence-electron chi connectivity index (χ4n) is 6.88. The Balaban J connectivity index is 1.28. The van der Waals surface area contributed by atoms with E-state index in [2.05, 4.69) is 143 Å². The topological polar surface area (TPSA) is 50.5 Å². The molecule has 3 heterocycles. The number of benzene rings is 6. The third-order valence-electron chi connectivity index (χ3n) is 9.09. The van der Waals surface area contributed by atoms with Crippen molar-refractivity contribution in [2.24, 2.45) is 9.98 Å². The van der Waals surface area contributed by atoms with E-state index in [0.717, 1.165) is 55.8 Å². The molecule has 48 heavy (non-hydrogen) atoms. The molecule has 6 aromatic carbocycles. The van der Waals surface area contributed by atoms with Gasteiger partial charge >= 0.3 is 0 Å². The molecule has 224 valence electrons. The molecule has 0 fully saturated rings. The van der Waals surface area contributed by atoms with E-state index < -0.39 is 0 Å². The first-order chi connectivity index (χ1) is 23.8. The first-order valence-corrected chi connectivity index (χ1v) is 16.0. The molecule has 8 aromatic rings. The smallest absolute Gasteiger partial charge is 0.0825 e. The highest BCUT2D eigenvalue weighted by Gasteiger charge is 2.23. The number of pyridine rings is 2. The molecule has 2 aromatic heterocycles. The quantitative estimate of drug-likeness (QED) is 0.199. The van der Waals surface area contributed by atoms with Crippen molar-refractivity contribution < 1.29 is 0 Å². The van der Waals surface area contributed by atoms with Crippen LogP contribution >= 0.6 is 0 Å². The highest BCUT2D eigenvalue weighted by atomic mass is 14.9. The minimum Gasteiger partial charge on any atom is -0.264 e. The molecule has 0 amide bonds. The van der Waals surface area contributed by atoms with Gasteiger partial charge in [0.2, 0.25) is 0 Å². The second-order valence-electron chi connectivity index (χ2n) is 11.9. The fraction of sp³-hybridized carbons (Fsp3) is 0. The summed E-state index contributed by atoms with van der Waals surface area (Å²) in [6, 6.07) is 50.9. The predicted molar refractivity (Wildman–Crippen MR) is 198 cm³/mol. The standard InChI is InChI=1S/C44H28N4/c1-3-11-29(12-4-1)31-15-7-19-35-33(31)17-9-21-37(35)43-39-27-45-25-23-41(39)48-44(40-28-46-26-24-42(40)47-43)38-22-10-18-34-32(16-8-20-36(34)38)30-13-5-2-6-14-30/h1-28H. The third kappa shape index (κ3) is 4.70. The van der Waals surface area contributed by atoms with Crippen molar-refractivity contribution in [3.05, 3.63) is 193 Å². The Morgan fingerprint density at radius 1 is 0.292 bits per heavy atom. The first-order valence-electron chi connectivity index (χ1n) is 16.0. The highest BCUT2D eigenvalue weighted by Crippen LogP contribution is 2.38. The number of rotatable bonds is 4. The van der Waals surface area contributed by atoms with Gasteiger partial charge in [-0.3, -0.25) is 9.97 Å². The first kappa shape index (κ1) is 27.8. The lowest BCUT2D eigenvalue weighted by molar-refractivity contribution is 1.26. The van der Waals surface area contributed by atoms with Crippen LogP contribution in [0.2, 0.25) is 0 Å². The van der Waals surface area contributed by atoms with E-state index in [4.69, 9.17) is 9.98 Å². The van der Waals surface area contributed by atoms with Crippen LogP contribution in [0.1, 0.15) is 22.3 Å². The van der Waals surface area contributed by atoms with Crippen molar-refractivity contribution in [2.75, 3.05) is 0 Å². The van der Waals surface area contributed by atoms with Crippen LogP contribution < -0.4 is 0 Å². The van der Waals surface area contributed by atoms with Crippen LogP contribution in [0.4, 0.5) is 11.4 Å². The number of hydrogen-bond donors (Lipinski definition) is 0. The second kappa shape index (κ2) is 11.7. The van der Waals surface area contributed by atoms with E-state index in [0.29, 0.717) is 0 Å². The molecule has 9 rings (SSSR count). The molecular formula is C44H28N4. The molecule has 0 saturated heterocycles. The van der Waals surface area contributed by atoms with Crippen molar-refractivity contribution >= 4 is 44.3 Å². The van der Waals surface area contributed by atoms with Gasteiger partial charge in [0.15, 0.2) is 0 Å². The Labute approximate surface area is 278 Å². The molecule has 0 aliphatic carbocycles. The van der Waals surface area contributed by atoms with Gasteiger partial charge in [-0.25, -0.2) is 9.98 Å². The molecule has 1 aliphatic rings. The van der Waals surface area contributed by atoms with Crippen LogP contribution in [0, 0.1) is 0 Å². The van der Waals surface area contributed by atoms with Gasteiger partial charge in [0.25, 0.3) is 0 Å². The summed E-state index contributed by atoms with van der Waals surface area (Å²) in [6.45, 7) is 0. The van der Waals surface area contributed by atoms with E-state index in [-0.39, 0.29) is 0 Å². The van der Waals surface area contributed by atoms with Crippen molar-refractivity contribution in [1.29, 1.82) is 0 Å². The van der Waals surface area contributed by atoms with E-state index in [1.165, 1.54) is 33.0 Å². The molecule has 0 bridgehead atoms. The van der Waals surface area contributed by atoms with Gasteiger partial charge < -0.3 is 0 Å². The summed E-state index contributed by atoms with van der Waals surface area (Å²) in [6.07, 6.45) is 7.38. The lowest BCUT2D eigenvalue weighted by Gasteiger charge is -2.20. The van der Waals surface area contributed by atoms with Crippen molar-refractivity contribution in [1.82, 2.24) is 9.97 Å². The van der Waals surface area contributed by atoms with Crippen LogP contribution in [0.3, 0.4) is 0 Å². The van der Waals surface area contributed by atoms with E-state index in [9.17, 15) is 0 Å². The zero-order chi connectivity index (χ0) is 31.9. The summed E-state index contributed by atoms with van der Waals surface area (Å²) in [4.78, 5) is 20.0. The largest absolute Gasteiger partial charge is 0.264 e. The van der Waals surface area contributed by atoms with Gasteiger partial charge in [-0.05, 0) is 55.9 Å². The summed E-state index contributed by atoms with van der Waals surface area (Å²) in [5.41, 5.74) is 11.8. The lowest BCUT2D eigenvalue weighted by atomic mass is 9.90. The summed E-state index contributed by atoms with van der Waals surface area (Å²) in [5, 5.41) is 4.58. The van der Waals surface area contributed by atoms with Crippen molar-refractivity contribution in [2.45, 2.75) is 0 Å². The number of aromatic nitrogens is 2. The van der Waals surface area contributed by atoms with Gasteiger partial charge in [0, 0.05) is 47.0 Å². The van der Waals surface area contributed by atoms with E-state index >= 15 is 0 Å². The van der Waals surface area contributed by atoms with Gasteiger partial charge in [0.05, 0.1) is 22.8 Å². The normalized spacial score (nSPS) is 12.4. The maximum Gasteiger partial charge on any atom is 0.0825 e. The Kier molecular flexibility index (Phi) is 6.76. The van der Waals surface area contributed by atoms with Crippen molar-refractivity contribution in [3.8, 4) is 22.3 Å². The Hall–Kier alpha value is -6.52. The van der Waals surface area contributed by atoms with Gasteiger partial charge in [-0.15, -0.1) is 0 Å². The van der Waals surface area contributed by atoms with Crippen LogP contribution in [0.5, 0.6) is 0 Å². The van der Waals surface area contributed by atoms with Crippen LogP contribution in [0.15, 0.2) is 180 Å². The minimum absolute atomic E-state index is 0.806. The molecule has 4 heteroatoms. The molecule has 0 N–H and O–H groups in total. The number of fused-ring (bicyclic) bond motifs is 4. The Morgan fingerprint density at radius 3 is 1.08 bits per heavy atom. The fourth-order valence-corrected chi connectivity index (χ4v) is 6.88. The zero-order valence-corrected chi connectivity index (χ0v) is 26.0. The average molecular weight is 613 g/mol. The van der Waals surface area contributed by atoms with Crippen LogP contribution in [-0.2, 0) is 0 Å².